The number of hydrogen-bond acceptors (Lipinski definition) is 9. The Bertz CT molecular complexity index is 1280. The van der Waals surface area contributed by atoms with Gasteiger partial charge in [0.1, 0.15) is 11.8 Å². The van der Waals surface area contributed by atoms with Crippen LogP contribution in [0.4, 0.5) is 0 Å². The molecule has 8 nitrogen and oxygen atoms in total. The predicted octanol–water partition coefficient (Wildman–Crippen LogP) is 4.79. The van der Waals surface area contributed by atoms with Crippen molar-refractivity contribution in [3.8, 4) is 17.6 Å². The van der Waals surface area contributed by atoms with Crippen molar-refractivity contribution < 1.29 is 24.1 Å². The average Bonchev–Trinajstić information content (AvgIpc) is 3.37. The van der Waals surface area contributed by atoms with Crippen LogP contribution in [-0.4, -0.2) is 78.6 Å². The third kappa shape index (κ3) is 4.19. The number of benzene rings is 1. The van der Waals surface area contributed by atoms with E-state index in [1.54, 1.807) is 26.0 Å². The molecule has 3 heterocycles. The number of thioether (sulfide) groups is 1. The van der Waals surface area contributed by atoms with Crippen LogP contribution in [0.2, 0.25) is 0 Å². The Kier molecular flexibility index (Phi) is 7.57. The van der Waals surface area contributed by atoms with Crippen molar-refractivity contribution >= 4 is 11.8 Å². The zero-order valence-electron chi connectivity index (χ0n) is 23.9. The molecule has 39 heavy (non-hydrogen) atoms. The van der Waals surface area contributed by atoms with Gasteiger partial charge in [0, 0.05) is 34.5 Å². The van der Waals surface area contributed by atoms with Gasteiger partial charge in [-0.3, -0.25) is 9.80 Å². The summed E-state index contributed by atoms with van der Waals surface area (Å²) in [5.41, 5.74) is 4.90. The monoisotopic (exact) mass is 553 g/mol. The molecule has 1 N–H and O–H groups in total. The van der Waals surface area contributed by atoms with Gasteiger partial charge in [0.25, 0.3) is 0 Å². The predicted molar refractivity (Wildman–Crippen MR) is 151 cm³/mol. The van der Waals surface area contributed by atoms with Gasteiger partial charge in [-0.2, -0.15) is 17.0 Å². The van der Waals surface area contributed by atoms with Gasteiger partial charge >= 0.3 is 0 Å². The minimum absolute atomic E-state index is 0.0115. The molecule has 4 aliphatic rings. The maximum absolute atomic E-state index is 11.5. The number of likely N-dealkylation sites (N-methyl/N-ethyl adjacent to an activating group) is 1. The van der Waals surface area contributed by atoms with E-state index in [9.17, 15) is 10.4 Å². The molecule has 3 fully saturated rings. The Hall–Kier alpha value is -2.80. The van der Waals surface area contributed by atoms with Crippen LogP contribution in [-0.2, 0) is 20.6 Å². The molecule has 9 heteroatoms. The van der Waals surface area contributed by atoms with Crippen molar-refractivity contribution in [3.63, 3.8) is 0 Å². The number of allylic oxidation sites excluding steroid dienone is 1. The highest BCUT2D eigenvalue weighted by molar-refractivity contribution is 7.99. The largest absolute Gasteiger partial charge is 0.504 e. The number of phenols is 1. The van der Waals surface area contributed by atoms with E-state index in [1.165, 1.54) is 0 Å². The first-order chi connectivity index (χ1) is 18.7. The normalized spacial score (nSPS) is 32.2. The van der Waals surface area contributed by atoms with Crippen LogP contribution in [0.15, 0.2) is 41.1 Å². The summed E-state index contributed by atoms with van der Waals surface area (Å²) < 4.78 is 23.0. The van der Waals surface area contributed by atoms with E-state index in [2.05, 4.69) is 48.7 Å². The fourth-order valence-electron chi connectivity index (χ4n) is 6.97. The average molecular weight is 554 g/mol. The lowest BCUT2D eigenvalue weighted by Crippen LogP contribution is -2.71. The molecule has 3 aliphatic heterocycles. The topological polar surface area (TPSA) is 87.4 Å². The zero-order chi connectivity index (χ0) is 28.2. The van der Waals surface area contributed by atoms with Gasteiger partial charge < -0.3 is 24.1 Å². The Morgan fingerprint density at radius 3 is 2.67 bits per heavy atom. The van der Waals surface area contributed by atoms with Gasteiger partial charge in [-0.25, -0.2) is 0 Å². The van der Waals surface area contributed by atoms with Crippen LogP contribution >= 0.6 is 11.8 Å². The maximum atomic E-state index is 11.5. The molecule has 5 unspecified atom stereocenters. The summed E-state index contributed by atoms with van der Waals surface area (Å²) in [6.07, 6.45) is 4.60. The molecule has 210 valence electrons. The van der Waals surface area contributed by atoms with E-state index in [-0.39, 0.29) is 48.0 Å². The van der Waals surface area contributed by atoms with Crippen LogP contribution in [0.5, 0.6) is 11.5 Å². The highest BCUT2D eigenvalue weighted by Crippen LogP contribution is 2.54. The van der Waals surface area contributed by atoms with Crippen LogP contribution in [0.25, 0.3) is 0 Å². The second kappa shape index (κ2) is 10.6. The molecule has 6 atom stereocenters. The molecule has 1 aromatic rings. The summed E-state index contributed by atoms with van der Waals surface area (Å²) in [4.78, 5) is 4.74. The maximum Gasteiger partial charge on any atom is 0.231 e. The number of aromatic hydroxyl groups is 1. The molecule has 0 spiro atoms. The molecule has 0 radical (unpaired) electrons. The van der Waals surface area contributed by atoms with E-state index >= 15 is 0 Å². The Labute approximate surface area is 235 Å². The number of aryl methyl sites for hydroxylation is 1. The zero-order valence-corrected chi connectivity index (χ0v) is 24.7. The van der Waals surface area contributed by atoms with Crippen molar-refractivity contribution in [1.29, 1.82) is 5.26 Å². The fraction of sp³-hybridized carbons (Fsp3) is 0.567. The van der Waals surface area contributed by atoms with Crippen molar-refractivity contribution in [2.24, 2.45) is 0 Å². The Balaban J connectivity index is 1.66. The van der Waals surface area contributed by atoms with Crippen molar-refractivity contribution in [2.45, 2.75) is 75.5 Å². The summed E-state index contributed by atoms with van der Waals surface area (Å²) in [7, 11) is 5.30. The molecular formula is C30H39N3O5S. The molecular weight excluding hydrogens is 514 g/mol. The van der Waals surface area contributed by atoms with Crippen molar-refractivity contribution in [1.82, 2.24) is 9.80 Å². The number of fused-ring (bicyclic) bond motifs is 4. The second-order valence-electron chi connectivity index (χ2n) is 10.9. The third-order valence-electron chi connectivity index (χ3n) is 9.15. The van der Waals surface area contributed by atoms with E-state index in [0.29, 0.717) is 23.7 Å². The first kappa shape index (κ1) is 27.8. The van der Waals surface area contributed by atoms with Gasteiger partial charge in [-0.15, -0.1) is 0 Å². The van der Waals surface area contributed by atoms with Crippen LogP contribution in [0.3, 0.4) is 0 Å². The van der Waals surface area contributed by atoms with E-state index in [1.807, 2.05) is 13.8 Å². The molecule has 5 rings (SSSR count). The van der Waals surface area contributed by atoms with Gasteiger partial charge in [-0.1, -0.05) is 19.6 Å². The summed E-state index contributed by atoms with van der Waals surface area (Å²) in [5.74, 6) is 2.70. The standard InChI is InChI=1S/C30H39N3O5S/c1-15-11-19-12-22-23(13-31)33(21-10-9-20(21)30-29(37-14-38-30)16(2)17(3)35-6)25(18(4)39-8)26(32(22)5)24(19)27(34)28(15)36-7/h11,18,21-23,25-26,34H,3,9-10,12,14H2,1-2,4-8H3/b29-16+,30-20-/t18?,21?,22?,23-,25?,26?/m0/s1. The number of piperazine rings is 1. The first-order valence-electron chi connectivity index (χ1n) is 13.4. The van der Waals surface area contributed by atoms with Gasteiger partial charge in [0.2, 0.25) is 6.79 Å². The van der Waals surface area contributed by atoms with Crippen molar-refractivity contribution in [2.75, 3.05) is 34.3 Å². The Morgan fingerprint density at radius 2 is 2.08 bits per heavy atom. The first-order valence-corrected chi connectivity index (χ1v) is 14.7. The van der Waals surface area contributed by atoms with Crippen LogP contribution in [0.1, 0.15) is 49.4 Å². The minimum atomic E-state index is -0.325. The highest BCUT2D eigenvalue weighted by atomic mass is 32.2. The highest BCUT2D eigenvalue weighted by Gasteiger charge is 2.56. The molecule has 2 saturated heterocycles. The van der Waals surface area contributed by atoms with E-state index < -0.39 is 0 Å². The number of methoxy groups -OCH3 is 2. The van der Waals surface area contributed by atoms with Crippen molar-refractivity contribution in [3.05, 3.63) is 57.8 Å². The fourth-order valence-corrected chi connectivity index (χ4v) is 7.54. The summed E-state index contributed by atoms with van der Waals surface area (Å²) in [6, 6.07) is 4.39. The third-order valence-corrected chi connectivity index (χ3v) is 10.2. The number of nitriles is 1. The minimum Gasteiger partial charge on any atom is -0.504 e. The summed E-state index contributed by atoms with van der Waals surface area (Å²) in [5, 5.41) is 22.4. The second-order valence-corrected chi connectivity index (χ2v) is 12.1. The molecule has 0 amide bonds. The number of phenolic OH excluding ortho intramolecular Hbond substituents is 1. The number of ether oxygens (including phenoxy) is 4. The number of hydrogen-bond donors (Lipinski definition) is 1. The molecule has 1 saturated carbocycles. The van der Waals surface area contributed by atoms with Crippen LogP contribution < -0.4 is 4.74 Å². The summed E-state index contributed by atoms with van der Waals surface area (Å²) >= 11 is 1.79. The Morgan fingerprint density at radius 1 is 1.33 bits per heavy atom. The van der Waals surface area contributed by atoms with E-state index in [4.69, 9.17) is 18.9 Å². The SMILES string of the molecule is C=C(OC)/C(C)=C1/OCO/C1=C1/CCC1N1C(C(C)SC)C2c3c(cc(C)c(OC)c3O)CC([C@@H]1C#N)N2C. The summed E-state index contributed by atoms with van der Waals surface area (Å²) in [6.45, 7) is 10.3. The lowest BCUT2D eigenvalue weighted by atomic mass is 9.72. The number of nitrogens with zero attached hydrogens (tertiary/aromatic N) is 3. The van der Waals surface area contributed by atoms with Gasteiger partial charge in [-0.05, 0) is 63.1 Å². The smallest absolute Gasteiger partial charge is 0.231 e. The quantitative estimate of drug-likeness (QED) is 0.500. The van der Waals surface area contributed by atoms with E-state index in [0.717, 1.165) is 46.4 Å². The molecule has 0 aromatic heterocycles. The number of rotatable bonds is 6. The molecule has 1 aliphatic carbocycles. The van der Waals surface area contributed by atoms with Gasteiger partial charge in [0.15, 0.2) is 23.0 Å². The molecule has 2 bridgehead atoms. The lowest BCUT2D eigenvalue weighted by molar-refractivity contribution is -0.0673. The van der Waals surface area contributed by atoms with Crippen LogP contribution in [0, 0.1) is 18.3 Å². The van der Waals surface area contributed by atoms with Gasteiger partial charge in [0.05, 0.1) is 26.3 Å². The lowest BCUT2D eigenvalue weighted by Gasteiger charge is -2.60. The molecule has 1 aromatic carbocycles.